The van der Waals surface area contributed by atoms with Crippen LogP contribution in [0, 0.1) is 48.6 Å². The number of aliphatic hydroxyl groups is 1. The van der Waals surface area contributed by atoms with Crippen LogP contribution in [0.3, 0.4) is 0 Å². The zero-order chi connectivity index (χ0) is 23.9. The van der Waals surface area contributed by atoms with Crippen molar-refractivity contribution in [1.82, 2.24) is 0 Å². The quantitative estimate of drug-likeness (QED) is 0.209. The summed E-state index contributed by atoms with van der Waals surface area (Å²) >= 11 is 3.97. The first kappa shape index (κ1) is 23.2. The third-order valence-electron chi connectivity index (χ3n) is 8.27. The molecule has 6 rings (SSSR count). The van der Waals surface area contributed by atoms with Gasteiger partial charge in [-0.15, -0.1) is 0 Å². The molecule has 0 radical (unpaired) electrons. The largest absolute Gasteiger partial charge is 0.478 e. The van der Waals surface area contributed by atoms with E-state index in [1.807, 2.05) is 57.3 Å². The van der Waals surface area contributed by atoms with E-state index in [0.29, 0.717) is 9.99 Å². The summed E-state index contributed by atoms with van der Waals surface area (Å²) in [4.78, 5) is 38.5. The van der Waals surface area contributed by atoms with E-state index in [0.717, 1.165) is 16.4 Å². The van der Waals surface area contributed by atoms with Crippen molar-refractivity contribution in [2.24, 2.45) is 41.4 Å². The van der Waals surface area contributed by atoms with Gasteiger partial charge in [-0.1, -0.05) is 12.2 Å². The molecule has 8 nitrogen and oxygen atoms in total. The van der Waals surface area contributed by atoms with Crippen molar-refractivity contribution in [3.05, 3.63) is 37.0 Å². The Kier molecular flexibility index (Phi) is 5.73. The molecule has 34 heavy (non-hydrogen) atoms. The normalized spacial score (nSPS) is 40.7. The van der Waals surface area contributed by atoms with Crippen LogP contribution >= 0.6 is 45.2 Å². The second kappa shape index (κ2) is 8.41. The SMILES string of the molecule is O=C(O)c1cc(I)cc(I)c1OC(=O)C1C2C=CC(C2)C1C(=O)OC1C2CC3C(O)OC1C3C2. The van der Waals surface area contributed by atoms with Crippen molar-refractivity contribution in [3.63, 3.8) is 0 Å². The minimum absolute atomic E-state index is 0.00451. The third kappa shape index (κ3) is 3.53. The van der Waals surface area contributed by atoms with E-state index < -0.39 is 42.1 Å². The summed E-state index contributed by atoms with van der Waals surface area (Å²) in [6.07, 6.45) is 4.75. The van der Waals surface area contributed by atoms with Gasteiger partial charge < -0.3 is 24.4 Å². The van der Waals surface area contributed by atoms with E-state index in [-0.39, 0.29) is 47.0 Å². The second-order valence-corrected chi connectivity index (χ2v) is 12.4. The summed E-state index contributed by atoms with van der Waals surface area (Å²) in [6.45, 7) is 0. The number of ether oxygens (including phenoxy) is 3. The number of fused-ring (bicyclic) bond motifs is 3. The summed E-state index contributed by atoms with van der Waals surface area (Å²) in [6, 6.07) is 3.19. The molecule has 4 fully saturated rings. The number of allylic oxidation sites excluding steroid dienone is 2. The van der Waals surface area contributed by atoms with Gasteiger partial charge in [-0.25, -0.2) is 4.79 Å². The number of hydrogen-bond donors (Lipinski definition) is 2. The average molecular weight is 692 g/mol. The zero-order valence-corrected chi connectivity index (χ0v) is 22.1. The van der Waals surface area contributed by atoms with Crippen LogP contribution in [0.1, 0.15) is 29.6 Å². The van der Waals surface area contributed by atoms with Gasteiger partial charge in [0.1, 0.15) is 17.8 Å². The molecule has 0 amide bonds. The lowest BCUT2D eigenvalue weighted by atomic mass is 9.82. The highest BCUT2D eigenvalue weighted by molar-refractivity contribution is 14.1. The minimum Gasteiger partial charge on any atom is -0.478 e. The number of carboxylic acid groups (broad SMARTS) is 1. The molecule has 4 aliphatic carbocycles. The Balaban J connectivity index is 1.23. The van der Waals surface area contributed by atoms with Crippen molar-refractivity contribution in [1.29, 1.82) is 0 Å². The Hall–Kier alpha value is -1.25. The smallest absolute Gasteiger partial charge is 0.339 e. The van der Waals surface area contributed by atoms with Crippen LogP contribution in [-0.2, 0) is 19.1 Å². The number of halogens is 2. The van der Waals surface area contributed by atoms with E-state index in [1.165, 1.54) is 6.07 Å². The molecular formula is C24H22I2O8. The van der Waals surface area contributed by atoms with Gasteiger partial charge in [0.15, 0.2) is 12.0 Å². The molecular weight excluding hydrogens is 670 g/mol. The van der Waals surface area contributed by atoms with E-state index >= 15 is 0 Å². The Morgan fingerprint density at radius 2 is 1.65 bits per heavy atom. The minimum atomic E-state index is -1.18. The molecule has 10 unspecified atom stereocenters. The van der Waals surface area contributed by atoms with Crippen molar-refractivity contribution < 1.29 is 38.8 Å². The maximum absolute atomic E-state index is 13.4. The van der Waals surface area contributed by atoms with Gasteiger partial charge in [-0.2, -0.15) is 0 Å². The van der Waals surface area contributed by atoms with Crippen molar-refractivity contribution >= 4 is 63.1 Å². The maximum Gasteiger partial charge on any atom is 0.339 e. The van der Waals surface area contributed by atoms with Gasteiger partial charge in [0, 0.05) is 9.49 Å². The van der Waals surface area contributed by atoms with Crippen LogP contribution in [0.5, 0.6) is 5.75 Å². The summed E-state index contributed by atoms with van der Waals surface area (Å²) in [5.41, 5.74) is -0.0871. The first-order valence-electron chi connectivity index (χ1n) is 11.4. The predicted molar refractivity (Wildman–Crippen MR) is 133 cm³/mol. The molecule has 1 heterocycles. The standard InChI is InChI=1S/C24H22I2O8/c25-11-6-14(21(27)28)19(15(26)7-11)33-24(31)17-9-2-1-8(3-9)16(17)23(30)32-18-10-4-12-13(5-10)22(29)34-20(12)18/h1-2,6-10,12-13,16-18,20,22,29H,3-5H2,(H,27,28). The predicted octanol–water partition coefficient (Wildman–Crippen LogP) is 3.22. The van der Waals surface area contributed by atoms with Gasteiger partial charge >= 0.3 is 17.9 Å². The number of carbonyl (C=O) groups excluding carboxylic acids is 2. The molecule has 5 aliphatic rings. The molecule has 1 saturated heterocycles. The Morgan fingerprint density at radius 1 is 0.971 bits per heavy atom. The molecule has 4 bridgehead atoms. The van der Waals surface area contributed by atoms with Crippen LogP contribution in [0.2, 0.25) is 0 Å². The van der Waals surface area contributed by atoms with Crippen LogP contribution in [-0.4, -0.2) is 46.6 Å². The Labute approximate surface area is 222 Å². The van der Waals surface area contributed by atoms with Crippen molar-refractivity contribution in [2.45, 2.75) is 37.8 Å². The number of aliphatic hydroxyl groups excluding tert-OH is 1. The van der Waals surface area contributed by atoms with Crippen LogP contribution < -0.4 is 4.74 Å². The molecule has 1 aliphatic heterocycles. The molecule has 180 valence electrons. The molecule has 10 heteroatoms. The monoisotopic (exact) mass is 692 g/mol. The topological polar surface area (TPSA) is 119 Å². The summed E-state index contributed by atoms with van der Waals surface area (Å²) in [7, 11) is 0. The number of carboxylic acids is 1. The fourth-order valence-corrected chi connectivity index (χ4v) is 8.86. The van der Waals surface area contributed by atoms with Crippen molar-refractivity contribution in [3.8, 4) is 5.75 Å². The third-order valence-corrected chi connectivity index (χ3v) is 9.69. The van der Waals surface area contributed by atoms with E-state index in [1.54, 1.807) is 6.07 Å². The number of esters is 2. The molecule has 10 atom stereocenters. The summed E-state index contributed by atoms with van der Waals surface area (Å²) < 4.78 is 18.6. The number of hydrogen-bond acceptors (Lipinski definition) is 7. The lowest BCUT2D eigenvalue weighted by Gasteiger charge is -2.30. The van der Waals surface area contributed by atoms with Gasteiger partial charge in [-0.3, -0.25) is 9.59 Å². The molecule has 0 spiro atoms. The average Bonchev–Trinajstić information content (AvgIpc) is 3.57. The highest BCUT2D eigenvalue weighted by Crippen LogP contribution is 2.57. The summed E-state index contributed by atoms with van der Waals surface area (Å²) in [5, 5.41) is 19.7. The van der Waals surface area contributed by atoms with Crippen LogP contribution in [0.25, 0.3) is 0 Å². The first-order chi connectivity index (χ1) is 16.2. The number of rotatable bonds is 5. The first-order valence-corrected chi connectivity index (χ1v) is 13.5. The fourth-order valence-electron chi connectivity index (χ4n) is 6.90. The maximum atomic E-state index is 13.4. The van der Waals surface area contributed by atoms with Gasteiger partial charge in [0.05, 0.1) is 15.4 Å². The van der Waals surface area contributed by atoms with Gasteiger partial charge in [-0.05, 0) is 100 Å². The number of benzene rings is 1. The highest BCUT2D eigenvalue weighted by Gasteiger charge is 2.63. The molecule has 3 saturated carbocycles. The fraction of sp³-hybridized carbons (Fsp3) is 0.542. The molecule has 2 N–H and O–H groups in total. The number of carbonyl (C=O) groups is 3. The summed E-state index contributed by atoms with van der Waals surface area (Å²) in [5.74, 6) is -3.40. The lowest BCUT2D eigenvalue weighted by molar-refractivity contribution is -0.173. The van der Waals surface area contributed by atoms with E-state index in [9.17, 15) is 24.6 Å². The molecule has 0 aromatic heterocycles. The Bertz CT molecular complexity index is 1120. The van der Waals surface area contributed by atoms with Gasteiger partial charge in [0.25, 0.3) is 0 Å². The van der Waals surface area contributed by atoms with Crippen molar-refractivity contribution in [2.75, 3.05) is 0 Å². The van der Waals surface area contributed by atoms with Gasteiger partial charge in [0.2, 0.25) is 0 Å². The lowest BCUT2D eigenvalue weighted by Crippen LogP contribution is -2.42. The van der Waals surface area contributed by atoms with E-state index in [2.05, 4.69) is 0 Å². The van der Waals surface area contributed by atoms with Crippen LogP contribution in [0.15, 0.2) is 24.3 Å². The van der Waals surface area contributed by atoms with E-state index in [4.69, 9.17) is 14.2 Å². The zero-order valence-electron chi connectivity index (χ0n) is 17.8. The Morgan fingerprint density at radius 3 is 2.35 bits per heavy atom. The molecule has 1 aromatic carbocycles. The second-order valence-electron chi connectivity index (χ2n) is 9.94. The molecule has 1 aromatic rings. The number of aromatic carboxylic acids is 1. The highest BCUT2D eigenvalue weighted by atomic mass is 127. The van der Waals surface area contributed by atoms with Crippen LogP contribution in [0.4, 0.5) is 0 Å².